The van der Waals surface area contributed by atoms with E-state index in [0.29, 0.717) is 37.0 Å². The van der Waals surface area contributed by atoms with Crippen LogP contribution in [0.25, 0.3) is 0 Å². The van der Waals surface area contributed by atoms with Gasteiger partial charge in [0.05, 0.1) is 36.9 Å². The van der Waals surface area contributed by atoms with E-state index >= 15 is 0 Å². The lowest BCUT2D eigenvalue weighted by Gasteiger charge is -2.59. The van der Waals surface area contributed by atoms with Gasteiger partial charge < -0.3 is 29.9 Å². The third-order valence-electron chi connectivity index (χ3n) is 10.9. The number of esters is 2. The molecule has 0 aliphatic heterocycles. The quantitative estimate of drug-likeness (QED) is 0.277. The number of hydrogen-bond donors (Lipinski definition) is 4. The highest BCUT2D eigenvalue weighted by atomic mass is 32.1. The molecule has 13 atom stereocenters. The Morgan fingerprint density at radius 1 is 0.947 bits per heavy atom. The summed E-state index contributed by atoms with van der Waals surface area (Å²) in [6, 6.07) is 0. The number of aliphatic hydroxyl groups excluding tert-OH is 4. The van der Waals surface area contributed by atoms with Crippen LogP contribution in [-0.4, -0.2) is 75.4 Å². The molecule has 4 N–H and O–H groups in total. The molecule has 0 aromatic carbocycles. The Morgan fingerprint density at radius 2 is 1.61 bits per heavy atom. The second-order valence-electron chi connectivity index (χ2n) is 12.7. The fourth-order valence-corrected chi connectivity index (χ4v) is 9.42. The highest BCUT2D eigenvalue weighted by Crippen LogP contribution is 2.59. The van der Waals surface area contributed by atoms with Crippen molar-refractivity contribution in [2.75, 3.05) is 13.2 Å². The maximum Gasteiger partial charge on any atom is 0.303 e. The van der Waals surface area contributed by atoms with Crippen molar-refractivity contribution in [1.29, 1.82) is 0 Å². The topological polar surface area (TPSA) is 134 Å². The van der Waals surface area contributed by atoms with E-state index in [9.17, 15) is 30.0 Å². The number of fused-ring (bicyclic) bond motifs is 2. The van der Waals surface area contributed by atoms with E-state index in [1.54, 1.807) is 0 Å². The molecule has 8 nitrogen and oxygen atoms in total. The summed E-state index contributed by atoms with van der Waals surface area (Å²) in [5.41, 5.74) is -1.07. The van der Waals surface area contributed by atoms with Gasteiger partial charge in [-0.15, -0.1) is 0 Å². The molecule has 0 aromatic rings. The summed E-state index contributed by atoms with van der Waals surface area (Å²) in [5.74, 6) is 0.359. The first kappa shape index (κ1) is 29.8. The molecular formula is C29H46O8S. The van der Waals surface area contributed by atoms with Crippen LogP contribution in [0.1, 0.15) is 72.1 Å². The smallest absolute Gasteiger partial charge is 0.303 e. The molecule has 0 bridgehead atoms. The number of carbonyl (C=O) groups is 2. The predicted molar refractivity (Wildman–Crippen MR) is 144 cm³/mol. The van der Waals surface area contributed by atoms with Crippen molar-refractivity contribution < 1.29 is 39.5 Å². The maximum atomic E-state index is 11.9. The largest absolute Gasteiger partial charge is 0.465 e. The van der Waals surface area contributed by atoms with E-state index in [-0.39, 0.29) is 48.8 Å². The minimum Gasteiger partial charge on any atom is -0.465 e. The molecule has 0 saturated heterocycles. The normalized spacial score (nSPS) is 46.8. The Labute approximate surface area is 231 Å². The molecule has 9 heteroatoms. The molecule has 0 aromatic heterocycles. The molecule has 4 saturated carbocycles. The van der Waals surface area contributed by atoms with Gasteiger partial charge in [-0.3, -0.25) is 9.59 Å². The molecule has 0 amide bonds. The van der Waals surface area contributed by atoms with Crippen LogP contribution in [0.2, 0.25) is 0 Å². The first-order valence-electron chi connectivity index (χ1n) is 14.4. The first-order valence-corrected chi connectivity index (χ1v) is 14.9. The van der Waals surface area contributed by atoms with Crippen LogP contribution < -0.4 is 0 Å². The lowest BCUT2D eigenvalue weighted by atomic mass is 9.48. The van der Waals surface area contributed by atoms with Crippen molar-refractivity contribution in [1.82, 2.24) is 0 Å². The zero-order valence-electron chi connectivity index (χ0n) is 22.9. The van der Waals surface area contributed by atoms with Gasteiger partial charge in [-0.2, -0.15) is 0 Å². The van der Waals surface area contributed by atoms with Crippen molar-refractivity contribution in [2.24, 2.45) is 52.8 Å². The third kappa shape index (κ3) is 5.42. The van der Waals surface area contributed by atoms with Crippen molar-refractivity contribution >= 4 is 29.5 Å². The number of aliphatic hydroxyl groups is 4. The highest BCUT2D eigenvalue weighted by Gasteiger charge is 2.62. The van der Waals surface area contributed by atoms with Gasteiger partial charge in [-0.1, -0.05) is 19.1 Å². The van der Waals surface area contributed by atoms with E-state index in [1.807, 2.05) is 12.3 Å². The van der Waals surface area contributed by atoms with Crippen molar-refractivity contribution in [3.05, 3.63) is 0 Å². The molecule has 4 rings (SSSR count). The van der Waals surface area contributed by atoms with Crippen LogP contribution in [-0.2, 0) is 19.1 Å². The highest BCUT2D eigenvalue weighted by molar-refractivity contribution is 7.78. The summed E-state index contributed by atoms with van der Waals surface area (Å²) < 4.78 is 10.9. The van der Waals surface area contributed by atoms with Gasteiger partial charge in [0.1, 0.15) is 6.10 Å². The van der Waals surface area contributed by atoms with Gasteiger partial charge in [0.25, 0.3) is 0 Å². The van der Waals surface area contributed by atoms with Gasteiger partial charge in [-0.25, -0.2) is 0 Å². The number of rotatable bonds is 7. The van der Waals surface area contributed by atoms with Crippen LogP contribution in [0.4, 0.5) is 0 Å². The summed E-state index contributed by atoms with van der Waals surface area (Å²) in [6.45, 7) is 4.54. The summed E-state index contributed by atoms with van der Waals surface area (Å²) in [5, 5.41) is 45.8. The Balaban J connectivity index is 1.58. The van der Waals surface area contributed by atoms with Crippen LogP contribution in [0.5, 0.6) is 0 Å². The predicted octanol–water partition coefficient (Wildman–Crippen LogP) is 2.67. The monoisotopic (exact) mass is 554 g/mol. The molecule has 4 aliphatic carbocycles. The Kier molecular flexibility index (Phi) is 9.56. The average molecular weight is 555 g/mol. The van der Waals surface area contributed by atoms with Crippen molar-refractivity contribution in [3.8, 4) is 0 Å². The Bertz CT molecular complexity index is 868. The maximum absolute atomic E-state index is 11.9. The van der Waals surface area contributed by atoms with Gasteiger partial charge >= 0.3 is 11.9 Å². The minimum atomic E-state index is -1.07. The lowest BCUT2D eigenvalue weighted by Crippen LogP contribution is -2.66. The van der Waals surface area contributed by atoms with Crippen LogP contribution in [0, 0.1) is 52.8 Å². The van der Waals surface area contributed by atoms with E-state index in [4.69, 9.17) is 21.7 Å². The summed E-state index contributed by atoms with van der Waals surface area (Å²) in [4.78, 5) is 23.4. The van der Waals surface area contributed by atoms with Crippen molar-refractivity contribution in [3.63, 3.8) is 0 Å². The number of carbonyl (C=O) groups excluding carboxylic acids is 2. The third-order valence-corrected chi connectivity index (χ3v) is 11.1. The zero-order valence-corrected chi connectivity index (χ0v) is 23.7. The second-order valence-corrected chi connectivity index (χ2v) is 13.0. The number of hydrogen-bond acceptors (Lipinski definition) is 9. The molecule has 4 aliphatic rings. The number of ether oxygens (including phenoxy) is 2. The van der Waals surface area contributed by atoms with Gasteiger partial charge in [0.15, 0.2) is 0 Å². The molecule has 0 radical (unpaired) electrons. The van der Waals surface area contributed by atoms with E-state index in [2.05, 4.69) is 0 Å². The molecule has 9 unspecified atom stereocenters. The fourth-order valence-electron chi connectivity index (χ4n) is 9.20. The summed E-state index contributed by atoms with van der Waals surface area (Å²) >= 11 is 5.35. The lowest BCUT2D eigenvalue weighted by molar-refractivity contribution is -0.241. The SMILES string of the molecule is CC(=O)OCC1C(O)CCC2C1CCC(C1CC3C[C@@H](C)C(O)[C@H](OC(C)=O)[C@]3(CO)[C@H](O)C1)C2CC=S. The first-order chi connectivity index (χ1) is 18.0. The van der Waals surface area contributed by atoms with Crippen molar-refractivity contribution in [2.45, 2.75) is 96.6 Å². The summed E-state index contributed by atoms with van der Waals surface area (Å²) in [6.07, 6.45) is 2.91. The Hall–Kier alpha value is -1.13. The standard InChI is InChI=1S/C29H46O8S/c1-15-10-19-11-18(12-26(34)29(19,14-30)28(27(15)35)37-17(3)32)20-4-5-22-21(23(20)8-9-38)6-7-25(33)24(22)13-36-16(2)31/h9,15,18-28,30,33-35H,4-8,10-14H2,1-3H3/t15-,18?,19?,20?,21?,22?,23?,24?,25?,26-,27?,28+,29+/m1/s1. The van der Waals surface area contributed by atoms with Crippen LogP contribution >= 0.6 is 12.2 Å². The van der Waals surface area contributed by atoms with Gasteiger partial charge in [0.2, 0.25) is 0 Å². The average Bonchev–Trinajstić information content (AvgIpc) is 2.86. The molecular weight excluding hydrogens is 508 g/mol. The van der Waals surface area contributed by atoms with Crippen LogP contribution in [0.15, 0.2) is 0 Å². The second kappa shape index (κ2) is 12.2. The fraction of sp³-hybridized carbons (Fsp3) is 0.897. The molecule has 216 valence electrons. The van der Waals surface area contributed by atoms with Gasteiger partial charge in [0, 0.05) is 19.8 Å². The summed E-state index contributed by atoms with van der Waals surface area (Å²) in [7, 11) is 0. The van der Waals surface area contributed by atoms with Crippen LogP contribution in [0.3, 0.4) is 0 Å². The van der Waals surface area contributed by atoms with Gasteiger partial charge in [-0.05, 0) is 98.2 Å². The number of thiocarbonyl (C=S) groups is 1. The molecule has 4 fully saturated rings. The molecule has 38 heavy (non-hydrogen) atoms. The zero-order chi connectivity index (χ0) is 27.8. The van der Waals surface area contributed by atoms with E-state index < -0.39 is 35.8 Å². The minimum absolute atomic E-state index is 0.0737. The molecule has 0 spiro atoms. The van der Waals surface area contributed by atoms with E-state index in [0.717, 1.165) is 32.1 Å². The molecule has 0 heterocycles. The Morgan fingerprint density at radius 3 is 2.24 bits per heavy atom. The van der Waals surface area contributed by atoms with E-state index in [1.165, 1.54) is 13.8 Å².